The molecule has 0 saturated carbocycles. The van der Waals surface area contributed by atoms with Gasteiger partial charge in [0.15, 0.2) is 0 Å². The zero-order valence-electron chi connectivity index (χ0n) is 21.8. The molecule has 0 aliphatic carbocycles. The van der Waals surface area contributed by atoms with Gasteiger partial charge in [0.05, 0.1) is 24.1 Å². The van der Waals surface area contributed by atoms with Crippen molar-refractivity contribution in [3.63, 3.8) is 0 Å². The highest BCUT2D eigenvalue weighted by atomic mass is 16.5. The third kappa shape index (κ3) is 9.73. The number of hydrogen-bond acceptors (Lipinski definition) is 5. The lowest BCUT2D eigenvalue weighted by Crippen LogP contribution is -2.03. The number of carboxylic acids is 2. The van der Waals surface area contributed by atoms with E-state index in [1.165, 1.54) is 36.6 Å². The minimum atomic E-state index is -1.03. The van der Waals surface area contributed by atoms with Crippen LogP contribution in [0.1, 0.15) is 71.4 Å². The fraction of sp³-hybridized carbons (Fsp3) is 0.323. The minimum Gasteiger partial charge on any atom is -0.497 e. The highest BCUT2D eigenvalue weighted by Crippen LogP contribution is 2.19. The van der Waals surface area contributed by atoms with E-state index < -0.39 is 11.9 Å². The van der Waals surface area contributed by atoms with Crippen LogP contribution in [0, 0.1) is 0 Å². The number of rotatable bonds is 16. The fourth-order valence-corrected chi connectivity index (χ4v) is 4.19. The van der Waals surface area contributed by atoms with Gasteiger partial charge < -0.3 is 19.7 Å². The van der Waals surface area contributed by atoms with Crippen LogP contribution in [-0.4, -0.2) is 34.2 Å². The van der Waals surface area contributed by atoms with Crippen molar-refractivity contribution in [1.29, 1.82) is 0 Å². The second-order valence-corrected chi connectivity index (χ2v) is 9.11. The molecule has 0 fully saturated rings. The molecule has 3 rings (SSSR count). The van der Waals surface area contributed by atoms with Gasteiger partial charge in [-0.25, -0.2) is 14.6 Å². The number of nitrogens with zero attached hydrogens (tertiary/aromatic N) is 1. The molecule has 0 aliphatic rings. The summed E-state index contributed by atoms with van der Waals surface area (Å²) in [6, 6.07) is 18.3. The first kappa shape index (κ1) is 28.4. The average molecular weight is 518 g/mol. The number of unbranched alkanes of at least 4 members (excludes halogenated alkanes) is 5. The van der Waals surface area contributed by atoms with Crippen LogP contribution in [0.4, 0.5) is 0 Å². The first-order chi connectivity index (χ1) is 18.4. The van der Waals surface area contributed by atoms with Crippen LogP contribution in [0.15, 0.2) is 66.7 Å². The molecule has 0 atom stereocenters. The number of benzene rings is 2. The van der Waals surface area contributed by atoms with Crippen LogP contribution >= 0.6 is 0 Å². The molecule has 7 nitrogen and oxygen atoms in total. The van der Waals surface area contributed by atoms with Crippen LogP contribution < -0.4 is 9.47 Å². The zero-order chi connectivity index (χ0) is 27.2. The van der Waals surface area contributed by atoms with Crippen LogP contribution in [0.2, 0.25) is 0 Å². The van der Waals surface area contributed by atoms with Gasteiger partial charge in [-0.15, -0.1) is 0 Å². The van der Waals surface area contributed by atoms with Crippen LogP contribution in [0.25, 0.3) is 6.08 Å². The fourth-order valence-electron chi connectivity index (χ4n) is 4.19. The Morgan fingerprint density at radius 3 is 2.29 bits per heavy atom. The Bertz CT molecular complexity index is 1240. The molecule has 0 amide bonds. The summed E-state index contributed by atoms with van der Waals surface area (Å²) >= 11 is 0. The smallest absolute Gasteiger partial charge is 0.335 e. The topological polar surface area (TPSA) is 106 Å². The molecule has 0 saturated heterocycles. The van der Waals surface area contributed by atoms with E-state index >= 15 is 0 Å². The number of ether oxygens (including phenoxy) is 2. The number of methoxy groups -OCH3 is 1. The maximum absolute atomic E-state index is 11.2. The summed E-state index contributed by atoms with van der Waals surface area (Å²) in [4.78, 5) is 26.8. The van der Waals surface area contributed by atoms with Crippen LogP contribution in [0.5, 0.6) is 11.5 Å². The second kappa shape index (κ2) is 15.2. The Hall–Kier alpha value is -4.13. The highest BCUT2D eigenvalue weighted by molar-refractivity contribution is 5.88. The molecule has 1 aromatic heterocycles. The summed E-state index contributed by atoms with van der Waals surface area (Å²) in [7, 11) is 1.69. The van der Waals surface area contributed by atoms with Crippen molar-refractivity contribution in [3.05, 3.63) is 94.8 Å². The van der Waals surface area contributed by atoms with E-state index in [2.05, 4.69) is 17.1 Å². The third-order valence-corrected chi connectivity index (χ3v) is 6.22. The molecule has 2 N–H and O–H groups in total. The molecular formula is C31H35NO6. The number of aromatic nitrogens is 1. The van der Waals surface area contributed by atoms with Crippen molar-refractivity contribution in [1.82, 2.24) is 4.98 Å². The summed E-state index contributed by atoms with van der Waals surface area (Å²) in [5.41, 5.74) is 3.70. The van der Waals surface area contributed by atoms with E-state index in [4.69, 9.17) is 19.7 Å². The molecule has 7 heteroatoms. The van der Waals surface area contributed by atoms with Crippen molar-refractivity contribution in [2.24, 2.45) is 0 Å². The maximum Gasteiger partial charge on any atom is 0.335 e. The summed E-state index contributed by atoms with van der Waals surface area (Å²) in [6.07, 6.45) is 11.3. The van der Waals surface area contributed by atoms with Gasteiger partial charge >= 0.3 is 11.9 Å². The SMILES string of the molecule is COc1cccc(CCCCCCCCc2ccc(COc3cccc(C(=O)O)c3)nc2/C=C/C(=O)O)c1. The Kier molecular flexibility index (Phi) is 11.4. The third-order valence-electron chi connectivity index (χ3n) is 6.22. The first-order valence-electron chi connectivity index (χ1n) is 12.9. The van der Waals surface area contributed by atoms with E-state index in [1.807, 2.05) is 24.3 Å². The molecular weight excluding hydrogens is 482 g/mol. The van der Waals surface area contributed by atoms with Gasteiger partial charge in [0.25, 0.3) is 0 Å². The zero-order valence-corrected chi connectivity index (χ0v) is 21.8. The van der Waals surface area contributed by atoms with Crippen molar-refractivity contribution in [3.8, 4) is 11.5 Å². The molecule has 0 radical (unpaired) electrons. The Morgan fingerprint density at radius 1 is 0.842 bits per heavy atom. The number of carboxylic acid groups (broad SMARTS) is 2. The van der Waals surface area contributed by atoms with E-state index in [9.17, 15) is 9.59 Å². The predicted molar refractivity (Wildman–Crippen MR) is 147 cm³/mol. The molecule has 0 spiro atoms. The van der Waals surface area contributed by atoms with Crippen molar-refractivity contribution in [2.45, 2.75) is 58.0 Å². The number of aliphatic carboxylic acids is 1. The Labute approximate surface area is 223 Å². The Morgan fingerprint density at radius 2 is 1.55 bits per heavy atom. The maximum atomic E-state index is 11.2. The van der Waals surface area contributed by atoms with Crippen LogP contribution in [-0.2, 0) is 24.2 Å². The standard InChI is InChI=1S/C31H35NO6/c1-37-27-14-8-11-23(20-27)10-6-4-2-3-5-7-12-24-16-17-26(32-29(24)18-19-30(33)34)22-38-28-15-9-13-25(21-28)31(35)36/h8-9,11,13-21H,2-7,10,12,22H2,1H3,(H,33,34)(H,35,36)/b19-18+. The second-order valence-electron chi connectivity index (χ2n) is 9.11. The monoisotopic (exact) mass is 517 g/mol. The largest absolute Gasteiger partial charge is 0.497 e. The van der Waals surface area contributed by atoms with Crippen molar-refractivity contribution >= 4 is 18.0 Å². The van der Waals surface area contributed by atoms with Gasteiger partial charge in [-0.3, -0.25) is 0 Å². The van der Waals surface area contributed by atoms with E-state index in [1.54, 1.807) is 19.2 Å². The van der Waals surface area contributed by atoms with E-state index in [-0.39, 0.29) is 12.2 Å². The molecule has 200 valence electrons. The van der Waals surface area contributed by atoms with Gasteiger partial charge in [-0.05, 0) is 79.3 Å². The number of hydrogen-bond donors (Lipinski definition) is 2. The van der Waals surface area contributed by atoms with Gasteiger partial charge in [0.2, 0.25) is 0 Å². The minimum absolute atomic E-state index is 0.146. The quantitative estimate of drug-likeness (QED) is 0.163. The molecule has 0 bridgehead atoms. The molecule has 2 aromatic carbocycles. The number of pyridine rings is 1. The van der Waals surface area contributed by atoms with Gasteiger partial charge in [0.1, 0.15) is 18.1 Å². The van der Waals surface area contributed by atoms with Crippen molar-refractivity contribution in [2.75, 3.05) is 7.11 Å². The van der Waals surface area contributed by atoms with Crippen molar-refractivity contribution < 1.29 is 29.3 Å². The summed E-state index contributed by atoms with van der Waals surface area (Å²) in [6.45, 7) is 0.146. The Balaban J connectivity index is 1.46. The molecule has 3 aromatic rings. The predicted octanol–water partition coefficient (Wildman–Crippen LogP) is 6.59. The number of aromatic carboxylic acids is 1. The number of carbonyl (C=O) groups is 2. The lowest BCUT2D eigenvalue weighted by molar-refractivity contribution is -0.131. The molecule has 0 unspecified atom stereocenters. The summed E-state index contributed by atoms with van der Waals surface area (Å²) < 4.78 is 11.0. The molecule has 1 heterocycles. The average Bonchev–Trinajstić information content (AvgIpc) is 2.93. The number of aryl methyl sites for hydroxylation is 2. The van der Waals surface area contributed by atoms with E-state index in [0.29, 0.717) is 17.1 Å². The van der Waals surface area contributed by atoms with Gasteiger partial charge in [0, 0.05) is 6.08 Å². The lowest BCUT2D eigenvalue weighted by atomic mass is 10.0. The van der Waals surface area contributed by atoms with E-state index in [0.717, 1.165) is 55.9 Å². The lowest BCUT2D eigenvalue weighted by Gasteiger charge is -2.10. The van der Waals surface area contributed by atoms with Gasteiger partial charge in [-0.2, -0.15) is 0 Å². The molecule has 0 aliphatic heterocycles. The first-order valence-corrected chi connectivity index (χ1v) is 12.9. The van der Waals surface area contributed by atoms with Gasteiger partial charge in [-0.1, -0.05) is 49.9 Å². The summed E-state index contributed by atoms with van der Waals surface area (Å²) in [5.74, 6) is -0.714. The molecule has 38 heavy (non-hydrogen) atoms. The summed E-state index contributed by atoms with van der Waals surface area (Å²) in [5, 5.41) is 18.2. The van der Waals surface area contributed by atoms with Crippen LogP contribution in [0.3, 0.4) is 0 Å². The highest BCUT2D eigenvalue weighted by Gasteiger charge is 2.08. The normalized spacial score (nSPS) is 11.0.